The third-order valence-electron chi connectivity index (χ3n) is 2.95. The average Bonchev–Trinajstić information content (AvgIpc) is 3.00. The lowest BCUT2D eigenvalue weighted by molar-refractivity contribution is 0.318. The van der Waals surface area contributed by atoms with Crippen LogP contribution in [-0.4, -0.2) is 46.6 Å². The smallest absolute Gasteiger partial charge is 0.302 e. The van der Waals surface area contributed by atoms with Crippen LogP contribution < -0.4 is 10.5 Å². The lowest BCUT2D eigenvalue weighted by Gasteiger charge is -2.17. The highest BCUT2D eigenvalue weighted by molar-refractivity contribution is 7.90. The van der Waals surface area contributed by atoms with Crippen LogP contribution in [0.2, 0.25) is 0 Å². The van der Waals surface area contributed by atoms with E-state index in [2.05, 4.69) is 15.0 Å². The zero-order chi connectivity index (χ0) is 14.0. The number of aryl methyl sites for hydroxylation is 1. The fraction of sp³-hybridized carbons (Fsp3) is 0.556. The number of nitrogens with one attached hydrogen (secondary N) is 1. The third kappa shape index (κ3) is 2.63. The summed E-state index contributed by atoms with van der Waals surface area (Å²) in [6.45, 7) is 0.984. The van der Waals surface area contributed by atoms with Gasteiger partial charge in [-0.2, -0.15) is 17.8 Å². The fourth-order valence-electron chi connectivity index (χ4n) is 1.92. The molecule has 106 valence electrons. The van der Waals surface area contributed by atoms with Crippen LogP contribution in [0.4, 0.5) is 5.82 Å². The predicted octanol–water partition coefficient (Wildman–Crippen LogP) is -0.733. The number of hydrogen-bond donors (Lipinski definition) is 3. The zero-order valence-corrected chi connectivity index (χ0v) is 11.3. The Kier molecular flexibility index (Phi) is 3.62. The molecule has 4 N–H and O–H groups in total. The van der Waals surface area contributed by atoms with Crippen molar-refractivity contribution in [2.75, 3.05) is 17.8 Å². The fourth-order valence-corrected chi connectivity index (χ4v) is 3.27. The Morgan fingerprint density at radius 2 is 2.16 bits per heavy atom. The molecule has 1 fully saturated rings. The number of oxime groups is 1. The predicted molar refractivity (Wildman–Crippen MR) is 69.1 cm³/mol. The molecule has 1 aliphatic heterocycles. The number of hydrogen-bond acceptors (Lipinski definition) is 5. The molecule has 2 rings (SSSR count). The van der Waals surface area contributed by atoms with Crippen molar-refractivity contribution in [3.63, 3.8) is 0 Å². The Balaban J connectivity index is 2.30. The maximum absolute atomic E-state index is 12.1. The first-order chi connectivity index (χ1) is 8.95. The number of nitrogens with two attached hydrogens (primary N) is 1. The number of amidine groups is 1. The number of nitrogens with zero attached hydrogens (tertiary/aromatic N) is 4. The van der Waals surface area contributed by atoms with E-state index in [9.17, 15) is 8.42 Å². The quantitative estimate of drug-likeness (QED) is 0.291. The Morgan fingerprint density at radius 3 is 2.74 bits per heavy atom. The first-order valence-electron chi connectivity index (χ1n) is 5.73. The molecule has 9 nitrogen and oxygen atoms in total. The van der Waals surface area contributed by atoms with Gasteiger partial charge in [-0.15, -0.1) is 0 Å². The van der Waals surface area contributed by atoms with Gasteiger partial charge in [0.15, 0.2) is 5.84 Å². The van der Waals surface area contributed by atoms with E-state index in [-0.39, 0.29) is 17.2 Å². The van der Waals surface area contributed by atoms with Crippen molar-refractivity contribution in [2.24, 2.45) is 17.9 Å². The van der Waals surface area contributed by atoms with Crippen LogP contribution in [0.25, 0.3) is 0 Å². The zero-order valence-electron chi connectivity index (χ0n) is 10.4. The molecule has 0 bridgehead atoms. The second-order valence-electron chi connectivity index (χ2n) is 4.23. The van der Waals surface area contributed by atoms with E-state index in [1.807, 2.05) is 0 Å². The van der Waals surface area contributed by atoms with E-state index in [0.29, 0.717) is 13.1 Å². The Morgan fingerprint density at radius 1 is 1.53 bits per heavy atom. The molecule has 0 aliphatic carbocycles. The number of anilines is 1. The monoisotopic (exact) mass is 288 g/mol. The van der Waals surface area contributed by atoms with Crippen LogP contribution in [-0.2, 0) is 17.3 Å². The van der Waals surface area contributed by atoms with E-state index in [1.165, 1.54) is 15.2 Å². The van der Waals surface area contributed by atoms with Gasteiger partial charge in [0.2, 0.25) is 0 Å². The second kappa shape index (κ2) is 5.05. The number of aromatic nitrogens is 2. The van der Waals surface area contributed by atoms with Gasteiger partial charge >= 0.3 is 10.2 Å². The molecule has 0 amide bonds. The van der Waals surface area contributed by atoms with Crippen molar-refractivity contribution < 1.29 is 13.6 Å². The van der Waals surface area contributed by atoms with Crippen molar-refractivity contribution in [2.45, 2.75) is 12.8 Å². The molecule has 0 unspecified atom stereocenters. The molecule has 1 aromatic heterocycles. The lowest BCUT2D eigenvalue weighted by Crippen LogP contribution is -2.34. The third-order valence-corrected chi connectivity index (χ3v) is 4.45. The van der Waals surface area contributed by atoms with Gasteiger partial charge in [0.05, 0.1) is 11.8 Å². The van der Waals surface area contributed by atoms with Crippen molar-refractivity contribution in [1.82, 2.24) is 14.1 Å². The summed E-state index contributed by atoms with van der Waals surface area (Å²) in [5.41, 5.74) is 5.71. The van der Waals surface area contributed by atoms with Gasteiger partial charge in [-0.3, -0.25) is 9.40 Å². The lowest BCUT2D eigenvalue weighted by atomic mass is 10.3. The molecule has 1 saturated heterocycles. The highest BCUT2D eigenvalue weighted by Gasteiger charge is 2.27. The highest BCUT2D eigenvalue weighted by atomic mass is 32.2. The molecule has 1 aromatic rings. The normalized spacial score (nSPS) is 17.8. The summed E-state index contributed by atoms with van der Waals surface area (Å²) in [4.78, 5) is 0. The van der Waals surface area contributed by atoms with Crippen molar-refractivity contribution in [3.8, 4) is 0 Å². The Bertz CT molecular complexity index is 587. The van der Waals surface area contributed by atoms with Crippen molar-refractivity contribution >= 4 is 21.9 Å². The summed E-state index contributed by atoms with van der Waals surface area (Å²) in [6.07, 6.45) is 3.02. The van der Waals surface area contributed by atoms with E-state index in [0.717, 1.165) is 12.8 Å². The first-order valence-corrected chi connectivity index (χ1v) is 7.17. The maximum Gasteiger partial charge on any atom is 0.302 e. The molecule has 19 heavy (non-hydrogen) atoms. The Hall–Kier alpha value is -1.81. The van der Waals surface area contributed by atoms with Crippen molar-refractivity contribution in [3.05, 3.63) is 11.8 Å². The standard InChI is InChI=1S/C9H16N6O3S/c1-14-9(7(6-11-14)8(10)12-16)13-19(17,18)15-4-2-3-5-15/h6,13,16H,2-5H2,1H3,(H2,10,12). The van der Waals surface area contributed by atoms with Gasteiger partial charge in [0.25, 0.3) is 0 Å². The summed E-state index contributed by atoms with van der Waals surface area (Å²) in [5, 5.41) is 15.4. The second-order valence-corrected chi connectivity index (χ2v) is 5.90. The molecule has 10 heteroatoms. The molecule has 0 spiro atoms. The summed E-state index contributed by atoms with van der Waals surface area (Å²) in [7, 11) is -2.07. The number of rotatable bonds is 4. The minimum Gasteiger partial charge on any atom is -0.409 e. The first kappa shape index (κ1) is 13.6. The maximum atomic E-state index is 12.1. The summed E-state index contributed by atoms with van der Waals surface area (Å²) in [6, 6.07) is 0. The minimum atomic E-state index is -3.64. The average molecular weight is 288 g/mol. The van der Waals surface area contributed by atoms with Gasteiger partial charge in [-0.05, 0) is 12.8 Å². The SMILES string of the molecule is Cn1ncc(C(N)=NO)c1NS(=O)(=O)N1CCCC1. The molecule has 0 radical (unpaired) electrons. The summed E-state index contributed by atoms with van der Waals surface area (Å²) >= 11 is 0. The molecular weight excluding hydrogens is 272 g/mol. The molecule has 1 aliphatic rings. The summed E-state index contributed by atoms with van der Waals surface area (Å²) < 4.78 is 29.4. The van der Waals surface area contributed by atoms with Crippen molar-refractivity contribution in [1.29, 1.82) is 0 Å². The topological polar surface area (TPSA) is 126 Å². The van der Waals surface area contributed by atoms with Gasteiger partial charge in [0, 0.05) is 20.1 Å². The van der Waals surface area contributed by atoms with Gasteiger partial charge in [-0.1, -0.05) is 5.16 Å². The molecule has 0 aromatic carbocycles. The van der Waals surface area contributed by atoms with Crippen LogP contribution in [0.5, 0.6) is 0 Å². The van der Waals surface area contributed by atoms with E-state index < -0.39 is 10.2 Å². The van der Waals surface area contributed by atoms with Crippen LogP contribution in [0.3, 0.4) is 0 Å². The largest absolute Gasteiger partial charge is 0.409 e. The molecule has 0 saturated carbocycles. The highest BCUT2D eigenvalue weighted by Crippen LogP contribution is 2.19. The van der Waals surface area contributed by atoms with Gasteiger partial charge in [-0.25, -0.2) is 0 Å². The van der Waals surface area contributed by atoms with Crippen LogP contribution >= 0.6 is 0 Å². The minimum absolute atomic E-state index is 0.169. The van der Waals surface area contributed by atoms with Crippen LogP contribution in [0, 0.1) is 0 Å². The van der Waals surface area contributed by atoms with Gasteiger partial charge in [0.1, 0.15) is 5.82 Å². The molecular formula is C9H16N6O3S. The molecule has 2 heterocycles. The molecule has 0 atom stereocenters. The Labute approximate surface area is 110 Å². The van der Waals surface area contributed by atoms with Crippen LogP contribution in [0.15, 0.2) is 11.4 Å². The van der Waals surface area contributed by atoms with Gasteiger partial charge < -0.3 is 10.9 Å². The summed E-state index contributed by atoms with van der Waals surface area (Å²) in [5.74, 6) is -0.0329. The van der Waals surface area contributed by atoms with E-state index >= 15 is 0 Å². The van der Waals surface area contributed by atoms with Crippen LogP contribution in [0.1, 0.15) is 18.4 Å². The van der Waals surface area contributed by atoms with E-state index in [1.54, 1.807) is 7.05 Å². The van der Waals surface area contributed by atoms with E-state index in [4.69, 9.17) is 10.9 Å².